The standard InChI is InChI=1S/C14H16N4O/c1-3-6-10(9-15)16-14(19)13-11-7-4-5-8-12(11)18(2)17-13/h4-5,7-8,10H,3,6H2,1-2H3,(H,16,19). The molecular weight excluding hydrogens is 240 g/mol. The molecule has 0 radical (unpaired) electrons. The summed E-state index contributed by atoms with van der Waals surface area (Å²) in [4.78, 5) is 12.2. The summed E-state index contributed by atoms with van der Waals surface area (Å²) in [5, 5.41) is 16.7. The largest absolute Gasteiger partial charge is 0.335 e. The van der Waals surface area contributed by atoms with Crippen molar-refractivity contribution < 1.29 is 4.79 Å². The van der Waals surface area contributed by atoms with E-state index in [-0.39, 0.29) is 5.91 Å². The van der Waals surface area contributed by atoms with Crippen LogP contribution >= 0.6 is 0 Å². The number of aryl methyl sites for hydroxylation is 1. The van der Waals surface area contributed by atoms with Gasteiger partial charge >= 0.3 is 0 Å². The second-order valence-corrected chi connectivity index (χ2v) is 4.43. The number of carbonyl (C=O) groups excluding carboxylic acids is 1. The van der Waals surface area contributed by atoms with Gasteiger partial charge in [0.1, 0.15) is 6.04 Å². The van der Waals surface area contributed by atoms with Gasteiger partial charge in [0.25, 0.3) is 5.91 Å². The van der Waals surface area contributed by atoms with Crippen molar-refractivity contribution in [1.82, 2.24) is 15.1 Å². The van der Waals surface area contributed by atoms with E-state index in [2.05, 4.69) is 16.5 Å². The summed E-state index contributed by atoms with van der Waals surface area (Å²) >= 11 is 0. The Bertz CT molecular complexity index is 638. The Hall–Kier alpha value is -2.35. The first kappa shape index (κ1) is 13.1. The van der Waals surface area contributed by atoms with Gasteiger partial charge in [-0.1, -0.05) is 31.5 Å². The van der Waals surface area contributed by atoms with Gasteiger partial charge in [0.15, 0.2) is 5.69 Å². The smallest absolute Gasteiger partial charge is 0.273 e. The Morgan fingerprint density at radius 2 is 2.26 bits per heavy atom. The lowest BCUT2D eigenvalue weighted by molar-refractivity contribution is 0.0939. The number of aromatic nitrogens is 2. The minimum atomic E-state index is -0.460. The zero-order valence-electron chi connectivity index (χ0n) is 11.1. The minimum Gasteiger partial charge on any atom is -0.335 e. The summed E-state index contributed by atoms with van der Waals surface area (Å²) in [5.41, 5.74) is 1.27. The molecule has 19 heavy (non-hydrogen) atoms. The number of para-hydroxylation sites is 1. The lowest BCUT2D eigenvalue weighted by atomic mass is 10.1. The number of rotatable bonds is 4. The van der Waals surface area contributed by atoms with Crippen LogP contribution in [-0.2, 0) is 7.05 Å². The Balaban J connectivity index is 2.30. The molecule has 5 heteroatoms. The Morgan fingerprint density at radius 3 is 2.95 bits per heavy atom. The molecule has 5 nitrogen and oxygen atoms in total. The van der Waals surface area contributed by atoms with Crippen LogP contribution in [0.3, 0.4) is 0 Å². The molecule has 1 N–H and O–H groups in total. The van der Waals surface area contributed by atoms with Gasteiger partial charge in [-0.25, -0.2) is 0 Å². The second kappa shape index (κ2) is 5.53. The van der Waals surface area contributed by atoms with E-state index < -0.39 is 6.04 Å². The van der Waals surface area contributed by atoms with Crippen LogP contribution in [0.1, 0.15) is 30.3 Å². The molecule has 0 saturated carbocycles. The number of carbonyl (C=O) groups is 1. The maximum atomic E-state index is 12.2. The van der Waals surface area contributed by atoms with Gasteiger partial charge in [-0.2, -0.15) is 10.4 Å². The third kappa shape index (κ3) is 2.58. The average Bonchev–Trinajstić information content (AvgIpc) is 2.76. The molecule has 0 aliphatic heterocycles. The number of amides is 1. The lowest BCUT2D eigenvalue weighted by Crippen LogP contribution is -2.34. The van der Waals surface area contributed by atoms with Gasteiger partial charge < -0.3 is 5.32 Å². The van der Waals surface area contributed by atoms with E-state index >= 15 is 0 Å². The highest BCUT2D eigenvalue weighted by molar-refractivity contribution is 6.05. The fourth-order valence-corrected chi connectivity index (χ4v) is 2.07. The zero-order chi connectivity index (χ0) is 13.8. The van der Waals surface area contributed by atoms with Crippen molar-refractivity contribution >= 4 is 16.8 Å². The maximum absolute atomic E-state index is 12.2. The number of nitrogens with one attached hydrogen (secondary N) is 1. The number of nitrogens with zero attached hydrogens (tertiary/aromatic N) is 3. The van der Waals surface area contributed by atoms with Crippen molar-refractivity contribution in [3.05, 3.63) is 30.0 Å². The van der Waals surface area contributed by atoms with Crippen LogP contribution in [0, 0.1) is 11.3 Å². The minimum absolute atomic E-state index is 0.295. The third-order valence-corrected chi connectivity index (χ3v) is 3.01. The number of hydrogen-bond acceptors (Lipinski definition) is 3. The van der Waals surface area contributed by atoms with Gasteiger partial charge in [0, 0.05) is 12.4 Å². The lowest BCUT2D eigenvalue weighted by Gasteiger charge is -2.08. The summed E-state index contributed by atoms with van der Waals surface area (Å²) in [5.74, 6) is -0.295. The Morgan fingerprint density at radius 1 is 1.53 bits per heavy atom. The van der Waals surface area contributed by atoms with E-state index in [1.165, 1.54) is 0 Å². The summed E-state index contributed by atoms with van der Waals surface area (Å²) in [6.45, 7) is 1.98. The maximum Gasteiger partial charge on any atom is 0.273 e. The fraction of sp³-hybridized carbons (Fsp3) is 0.357. The number of nitriles is 1. The van der Waals surface area contributed by atoms with Gasteiger partial charge in [0.05, 0.1) is 11.6 Å². The molecule has 1 aromatic carbocycles. The highest BCUT2D eigenvalue weighted by Crippen LogP contribution is 2.17. The SMILES string of the molecule is CCCC(C#N)NC(=O)c1nn(C)c2ccccc12. The number of hydrogen-bond donors (Lipinski definition) is 1. The predicted molar refractivity (Wildman–Crippen MR) is 72.5 cm³/mol. The molecule has 2 aromatic rings. The molecule has 0 spiro atoms. The molecule has 1 amide bonds. The van der Waals surface area contributed by atoms with Gasteiger partial charge in [0.2, 0.25) is 0 Å². The third-order valence-electron chi connectivity index (χ3n) is 3.01. The predicted octanol–water partition coefficient (Wildman–Crippen LogP) is 2.00. The first-order valence-electron chi connectivity index (χ1n) is 6.29. The Labute approximate surface area is 111 Å². The van der Waals surface area contributed by atoms with Crippen LogP contribution in [0.5, 0.6) is 0 Å². The normalized spacial score (nSPS) is 12.1. The van der Waals surface area contributed by atoms with Crippen LogP contribution in [0.2, 0.25) is 0 Å². The van der Waals surface area contributed by atoms with E-state index in [1.807, 2.05) is 31.2 Å². The summed E-state index contributed by atoms with van der Waals surface area (Å²) in [6, 6.07) is 9.17. The van der Waals surface area contributed by atoms with E-state index in [0.717, 1.165) is 17.3 Å². The van der Waals surface area contributed by atoms with Gasteiger partial charge in [-0.15, -0.1) is 0 Å². The van der Waals surface area contributed by atoms with E-state index in [1.54, 1.807) is 11.7 Å². The van der Waals surface area contributed by atoms with Crippen LogP contribution in [-0.4, -0.2) is 21.7 Å². The number of fused-ring (bicyclic) bond motifs is 1. The topological polar surface area (TPSA) is 70.7 Å². The van der Waals surface area contributed by atoms with Crippen molar-refractivity contribution in [1.29, 1.82) is 5.26 Å². The molecule has 1 unspecified atom stereocenters. The molecular formula is C14H16N4O. The van der Waals surface area contributed by atoms with E-state index in [0.29, 0.717) is 12.1 Å². The van der Waals surface area contributed by atoms with E-state index in [9.17, 15) is 4.79 Å². The first-order valence-corrected chi connectivity index (χ1v) is 6.29. The molecule has 0 aliphatic carbocycles. The highest BCUT2D eigenvalue weighted by atomic mass is 16.2. The molecule has 0 fully saturated rings. The fourth-order valence-electron chi connectivity index (χ4n) is 2.07. The average molecular weight is 256 g/mol. The highest BCUT2D eigenvalue weighted by Gasteiger charge is 2.18. The van der Waals surface area contributed by atoms with Crippen molar-refractivity contribution in [2.24, 2.45) is 7.05 Å². The van der Waals surface area contributed by atoms with Crippen LogP contribution in [0.4, 0.5) is 0 Å². The molecule has 2 rings (SSSR count). The Kier molecular flexibility index (Phi) is 3.81. The van der Waals surface area contributed by atoms with Crippen LogP contribution in [0.25, 0.3) is 10.9 Å². The van der Waals surface area contributed by atoms with Crippen molar-refractivity contribution in [3.63, 3.8) is 0 Å². The molecule has 1 heterocycles. The van der Waals surface area contributed by atoms with E-state index in [4.69, 9.17) is 5.26 Å². The molecule has 0 aliphatic rings. The summed E-state index contributed by atoms with van der Waals surface area (Å²) in [6.07, 6.45) is 1.49. The summed E-state index contributed by atoms with van der Waals surface area (Å²) in [7, 11) is 1.80. The molecule has 0 bridgehead atoms. The van der Waals surface area contributed by atoms with Crippen LogP contribution in [0.15, 0.2) is 24.3 Å². The van der Waals surface area contributed by atoms with Crippen molar-refractivity contribution in [2.45, 2.75) is 25.8 Å². The second-order valence-electron chi connectivity index (χ2n) is 4.43. The van der Waals surface area contributed by atoms with Crippen molar-refractivity contribution in [3.8, 4) is 6.07 Å². The zero-order valence-corrected chi connectivity index (χ0v) is 11.1. The first-order chi connectivity index (χ1) is 9.17. The quantitative estimate of drug-likeness (QED) is 0.909. The monoisotopic (exact) mass is 256 g/mol. The van der Waals surface area contributed by atoms with Gasteiger partial charge in [-0.05, 0) is 12.5 Å². The number of benzene rings is 1. The van der Waals surface area contributed by atoms with Crippen LogP contribution < -0.4 is 5.32 Å². The van der Waals surface area contributed by atoms with Crippen molar-refractivity contribution in [2.75, 3.05) is 0 Å². The molecule has 0 saturated heterocycles. The van der Waals surface area contributed by atoms with Gasteiger partial charge in [-0.3, -0.25) is 9.48 Å². The molecule has 1 aromatic heterocycles. The molecule has 1 atom stereocenters. The summed E-state index contributed by atoms with van der Waals surface area (Å²) < 4.78 is 1.67. The molecule has 98 valence electrons.